The Morgan fingerprint density at radius 2 is 1.44 bits per heavy atom. The summed E-state index contributed by atoms with van der Waals surface area (Å²) in [5.74, 6) is 0. The van der Waals surface area contributed by atoms with Crippen molar-refractivity contribution >= 4 is 34.0 Å². The number of aryl methyl sites for hydroxylation is 1. The Bertz CT molecular complexity index is 1170. The van der Waals surface area contributed by atoms with Crippen molar-refractivity contribution in [2.24, 2.45) is 0 Å². The molecule has 0 aliphatic carbocycles. The van der Waals surface area contributed by atoms with Gasteiger partial charge in [-0.1, -0.05) is 36.4 Å². The number of fused-ring (bicyclic) bond motifs is 2. The van der Waals surface area contributed by atoms with Crippen LogP contribution in [0.2, 0.25) is 0 Å². The maximum atomic E-state index is 12.6. The minimum absolute atomic E-state index is 0.0505. The number of hydrogen-bond acceptors (Lipinski definition) is 4. The van der Waals surface area contributed by atoms with Crippen molar-refractivity contribution in [3.8, 4) is 0 Å². The Kier molecular flexibility index (Phi) is 4.16. The molecule has 6 nitrogen and oxygen atoms in total. The molecule has 0 amide bonds. The Hall–Kier alpha value is -3.54. The summed E-state index contributed by atoms with van der Waals surface area (Å²) in [5, 5.41) is 1.85. The van der Waals surface area contributed by atoms with Gasteiger partial charge in [0.05, 0.1) is 18.1 Å². The Morgan fingerprint density at radius 3 is 2.15 bits per heavy atom. The number of ether oxygens (including phenoxy) is 2. The fraction of sp³-hybridized carbons (Fsp3) is 0.143. The maximum absolute atomic E-state index is 12.6. The van der Waals surface area contributed by atoms with E-state index >= 15 is 0 Å². The van der Waals surface area contributed by atoms with Crippen LogP contribution in [0.25, 0.3) is 21.8 Å². The number of methoxy groups -OCH3 is 1. The molecule has 0 unspecified atom stereocenters. The predicted molar refractivity (Wildman–Crippen MR) is 102 cm³/mol. The highest BCUT2D eigenvalue weighted by atomic mass is 16.6. The SMILES string of the molecule is COC(=O)n1cc(COC(=O)n2cc(C)c3ccccc32)c2ccccc21. The van der Waals surface area contributed by atoms with Crippen LogP contribution in [0, 0.1) is 6.92 Å². The van der Waals surface area contributed by atoms with Gasteiger partial charge in [-0.3, -0.25) is 9.13 Å². The number of benzene rings is 2. The summed E-state index contributed by atoms with van der Waals surface area (Å²) >= 11 is 0. The number of carbonyl (C=O) groups excluding carboxylic acids is 2. The Morgan fingerprint density at radius 1 is 0.852 bits per heavy atom. The van der Waals surface area contributed by atoms with Crippen LogP contribution < -0.4 is 0 Å². The molecule has 2 heterocycles. The Labute approximate surface area is 155 Å². The molecular formula is C21H18N2O4. The monoisotopic (exact) mass is 362 g/mol. The summed E-state index contributed by atoms with van der Waals surface area (Å²) < 4.78 is 13.3. The van der Waals surface area contributed by atoms with Crippen LogP contribution in [0.15, 0.2) is 60.9 Å². The van der Waals surface area contributed by atoms with Gasteiger partial charge in [-0.2, -0.15) is 0 Å². The van der Waals surface area contributed by atoms with E-state index < -0.39 is 12.2 Å². The molecule has 0 fully saturated rings. The molecule has 4 rings (SSSR count). The molecule has 2 aromatic heterocycles. The quantitative estimate of drug-likeness (QED) is 0.518. The molecule has 27 heavy (non-hydrogen) atoms. The van der Waals surface area contributed by atoms with E-state index in [2.05, 4.69) is 0 Å². The van der Waals surface area contributed by atoms with Crippen LogP contribution in [0.1, 0.15) is 11.1 Å². The zero-order valence-electron chi connectivity index (χ0n) is 15.0. The van der Waals surface area contributed by atoms with Gasteiger partial charge in [0.25, 0.3) is 0 Å². The minimum atomic E-state index is -0.490. The first kappa shape index (κ1) is 16.9. The van der Waals surface area contributed by atoms with Crippen LogP contribution in [0.5, 0.6) is 0 Å². The lowest BCUT2D eigenvalue weighted by molar-refractivity contribution is 0.142. The number of carbonyl (C=O) groups is 2. The number of rotatable bonds is 2. The first-order chi connectivity index (χ1) is 13.1. The third kappa shape index (κ3) is 2.85. The van der Waals surface area contributed by atoms with E-state index in [0.717, 1.165) is 27.4 Å². The number of aromatic nitrogens is 2. The van der Waals surface area contributed by atoms with Crippen molar-refractivity contribution in [2.75, 3.05) is 7.11 Å². The highest BCUT2D eigenvalue weighted by Gasteiger charge is 2.16. The largest absolute Gasteiger partial charge is 0.452 e. The molecule has 2 aromatic carbocycles. The second kappa shape index (κ2) is 6.64. The van der Waals surface area contributed by atoms with E-state index in [1.54, 1.807) is 12.4 Å². The average molecular weight is 362 g/mol. The molecule has 0 atom stereocenters. The summed E-state index contributed by atoms with van der Waals surface area (Å²) in [7, 11) is 1.33. The van der Waals surface area contributed by atoms with E-state index in [1.165, 1.54) is 16.2 Å². The van der Waals surface area contributed by atoms with E-state index in [1.807, 2.05) is 55.5 Å². The highest BCUT2D eigenvalue weighted by Crippen LogP contribution is 2.24. The van der Waals surface area contributed by atoms with Crippen molar-refractivity contribution in [3.05, 3.63) is 72.1 Å². The first-order valence-corrected chi connectivity index (χ1v) is 8.51. The molecular weight excluding hydrogens is 344 g/mol. The minimum Gasteiger partial charge on any atom is -0.452 e. The van der Waals surface area contributed by atoms with Crippen molar-refractivity contribution in [3.63, 3.8) is 0 Å². The van der Waals surface area contributed by atoms with Gasteiger partial charge in [0.1, 0.15) is 6.61 Å². The zero-order chi connectivity index (χ0) is 19.0. The summed E-state index contributed by atoms with van der Waals surface area (Å²) in [6, 6.07) is 15.1. The predicted octanol–water partition coefficient (Wildman–Crippen LogP) is 4.70. The Balaban J connectivity index is 1.63. The second-order valence-electron chi connectivity index (χ2n) is 6.27. The van der Waals surface area contributed by atoms with Gasteiger partial charge in [-0.15, -0.1) is 0 Å². The van der Waals surface area contributed by atoms with Crippen molar-refractivity contribution < 1.29 is 19.1 Å². The van der Waals surface area contributed by atoms with Crippen LogP contribution in [-0.4, -0.2) is 28.4 Å². The molecule has 0 radical (unpaired) electrons. The average Bonchev–Trinajstić information content (AvgIpc) is 3.24. The maximum Gasteiger partial charge on any atom is 0.418 e. The number of nitrogens with zero attached hydrogens (tertiary/aromatic N) is 2. The summed E-state index contributed by atoms with van der Waals surface area (Å²) in [5.41, 5.74) is 3.25. The smallest absolute Gasteiger partial charge is 0.418 e. The number of hydrogen-bond donors (Lipinski definition) is 0. The van der Waals surface area contributed by atoms with E-state index in [9.17, 15) is 9.59 Å². The highest BCUT2D eigenvalue weighted by molar-refractivity contribution is 5.93. The molecule has 6 heteroatoms. The molecule has 0 spiro atoms. The molecule has 136 valence electrons. The van der Waals surface area contributed by atoms with Crippen LogP contribution >= 0.6 is 0 Å². The van der Waals surface area contributed by atoms with Gasteiger partial charge in [-0.25, -0.2) is 9.59 Å². The van der Waals surface area contributed by atoms with E-state index in [-0.39, 0.29) is 6.61 Å². The standard InChI is InChI=1S/C21H18N2O4/c1-14-11-22(18-9-5-3-7-16(14)18)21(25)27-13-15-12-23(20(24)26-2)19-10-6-4-8-17(15)19/h3-12H,13H2,1-2H3. The molecule has 0 aliphatic heterocycles. The summed E-state index contributed by atoms with van der Waals surface area (Å²) in [6.07, 6.45) is 2.46. The lowest BCUT2D eigenvalue weighted by Gasteiger charge is -2.06. The first-order valence-electron chi connectivity index (χ1n) is 8.51. The van der Waals surface area contributed by atoms with Crippen molar-refractivity contribution in [1.29, 1.82) is 0 Å². The summed E-state index contributed by atoms with van der Waals surface area (Å²) in [4.78, 5) is 24.6. The van der Waals surface area contributed by atoms with Gasteiger partial charge < -0.3 is 9.47 Å². The van der Waals surface area contributed by atoms with Crippen LogP contribution in [0.4, 0.5) is 9.59 Å². The van der Waals surface area contributed by atoms with E-state index in [4.69, 9.17) is 9.47 Å². The third-order valence-corrected chi connectivity index (χ3v) is 4.62. The summed E-state index contributed by atoms with van der Waals surface area (Å²) in [6.45, 7) is 2.00. The normalized spacial score (nSPS) is 11.0. The fourth-order valence-corrected chi connectivity index (χ4v) is 3.32. The second-order valence-corrected chi connectivity index (χ2v) is 6.27. The van der Waals surface area contributed by atoms with Gasteiger partial charge >= 0.3 is 12.2 Å². The third-order valence-electron chi connectivity index (χ3n) is 4.62. The topological polar surface area (TPSA) is 62.5 Å². The molecule has 0 bridgehead atoms. The molecule has 4 aromatic rings. The molecule has 0 saturated carbocycles. The molecule has 0 saturated heterocycles. The lowest BCUT2D eigenvalue weighted by atomic mass is 10.2. The molecule has 0 N–H and O–H groups in total. The zero-order valence-corrected chi connectivity index (χ0v) is 15.0. The van der Waals surface area contributed by atoms with Crippen LogP contribution in [0.3, 0.4) is 0 Å². The van der Waals surface area contributed by atoms with Gasteiger partial charge in [0, 0.05) is 28.7 Å². The van der Waals surface area contributed by atoms with E-state index in [0.29, 0.717) is 5.52 Å². The van der Waals surface area contributed by atoms with Gasteiger partial charge in [0.15, 0.2) is 0 Å². The van der Waals surface area contributed by atoms with Crippen molar-refractivity contribution in [2.45, 2.75) is 13.5 Å². The van der Waals surface area contributed by atoms with Gasteiger partial charge in [0.2, 0.25) is 0 Å². The lowest BCUT2D eigenvalue weighted by Crippen LogP contribution is -2.12. The fourth-order valence-electron chi connectivity index (χ4n) is 3.32. The number of para-hydroxylation sites is 2. The molecule has 0 aliphatic rings. The van der Waals surface area contributed by atoms with Crippen LogP contribution in [-0.2, 0) is 16.1 Å². The van der Waals surface area contributed by atoms with Crippen molar-refractivity contribution in [1.82, 2.24) is 9.13 Å². The van der Waals surface area contributed by atoms with Gasteiger partial charge in [-0.05, 0) is 24.6 Å².